The molecule has 1 aromatic heterocycles. The molecule has 0 fully saturated rings. The Morgan fingerprint density at radius 1 is 1.42 bits per heavy atom. The third-order valence-corrected chi connectivity index (χ3v) is 4.08. The third kappa shape index (κ3) is 4.04. The van der Waals surface area contributed by atoms with E-state index in [1.54, 1.807) is 28.5 Å². The Hall–Kier alpha value is -1.39. The molecule has 0 unspecified atom stereocenters. The zero-order chi connectivity index (χ0) is 13.7. The molecule has 0 atom stereocenters. The standard InChI is InChI=1S/C14H15ClN2OS/c1-17(8-6-13-16-7-9-19-13)14(18)10-11-4-2-3-5-12(11)15/h2-5,7,9H,6,8,10H2,1H3. The van der Waals surface area contributed by atoms with Gasteiger partial charge in [0, 0.05) is 36.6 Å². The van der Waals surface area contributed by atoms with E-state index in [0.717, 1.165) is 17.0 Å². The minimum atomic E-state index is 0.0738. The summed E-state index contributed by atoms with van der Waals surface area (Å²) in [6, 6.07) is 7.45. The van der Waals surface area contributed by atoms with Crippen molar-refractivity contribution in [1.29, 1.82) is 0 Å². The van der Waals surface area contributed by atoms with Gasteiger partial charge in [-0.25, -0.2) is 4.98 Å². The van der Waals surface area contributed by atoms with Crippen LogP contribution in [-0.2, 0) is 17.6 Å². The first-order valence-corrected chi connectivity index (χ1v) is 7.28. The minimum absolute atomic E-state index is 0.0738. The Labute approximate surface area is 121 Å². The minimum Gasteiger partial charge on any atom is -0.345 e. The molecule has 19 heavy (non-hydrogen) atoms. The Morgan fingerprint density at radius 3 is 2.89 bits per heavy atom. The van der Waals surface area contributed by atoms with E-state index in [2.05, 4.69) is 4.98 Å². The van der Waals surface area contributed by atoms with Crippen LogP contribution in [-0.4, -0.2) is 29.4 Å². The summed E-state index contributed by atoms with van der Waals surface area (Å²) in [6.45, 7) is 0.677. The van der Waals surface area contributed by atoms with E-state index in [1.807, 2.05) is 30.6 Å². The maximum absolute atomic E-state index is 12.1. The first kappa shape index (κ1) is 14.0. The molecule has 2 rings (SSSR count). The number of nitrogens with zero attached hydrogens (tertiary/aromatic N) is 2. The van der Waals surface area contributed by atoms with Crippen molar-refractivity contribution in [2.75, 3.05) is 13.6 Å². The van der Waals surface area contributed by atoms with Gasteiger partial charge in [0.05, 0.1) is 11.4 Å². The largest absolute Gasteiger partial charge is 0.345 e. The number of amides is 1. The lowest BCUT2D eigenvalue weighted by Crippen LogP contribution is -2.30. The molecule has 0 saturated heterocycles. The van der Waals surface area contributed by atoms with E-state index in [1.165, 1.54) is 0 Å². The molecular formula is C14H15ClN2OS. The first-order valence-electron chi connectivity index (χ1n) is 6.02. The summed E-state index contributed by atoms with van der Waals surface area (Å²) < 4.78 is 0. The smallest absolute Gasteiger partial charge is 0.226 e. The Morgan fingerprint density at radius 2 is 2.21 bits per heavy atom. The zero-order valence-corrected chi connectivity index (χ0v) is 12.2. The lowest BCUT2D eigenvalue weighted by molar-refractivity contribution is -0.129. The van der Waals surface area contributed by atoms with E-state index in [4.69, 9.17) is 11.6 Å². The van der Waals surface area contributed by atoms with Crippen LogP contribution < -0.4 is 0 Å². The molecule has 0 aliphatic rings. The molecule has 0 aliphatic carbocycles. The van der Waals surface area contributed by atoms with Crippen LogP contribution in [0.25, 0.3) is 0 Å². The number of carbonyl (C=O) groups excluding carboxylic acids is 1. The summed E-state index contributed by atoms with van der Waals surface area (Å²) in [5, 5.41) is 3.64. The van der Waals surface area contributed by atoms with Gasteiger partial charge < -0.3 is 4.90 Å². The molecule has 0 spiro atoms. The topological polar surface area (TPSA) is 33.2 Å². The monoisotopic (exact) mass is 294 g/mol. The number of hydrogen-bond donors (Lipinski definition) is 0. The second-order valence-electron chi connectivity index (χ2n) is 4.26. The van der Waals surface area contributed by atoms with Crippen LogP contribution >= 0.6 is 22.9 Å². The molecule has 0 bridgehead atoms. The van der Waals surface area contributed by atoms with Crippen LogP contribution in [0.1, 0.15) is 10.6 Å². The van der Waals surface area contributed by atoms with Gasteiger partial charge in [0.2, 0.25) is 5.91 Å². The van der Waals surface area contributed by atoms with Gasteiger partial charge in [-0.3, -0.25) is 4.79 Å². The summed E-state index contributed by atoms with van der Waals surface area (Å²) in [7, 11) is 1.81. The molecule has 100 valence electrons. The Kier molecular flexibility index (Phi) is 4.93. The molecule has 1 amide bonds. The number of thiazole rings is 1. The van der Waals surface area contributed by atoms with Gasteiger partial charge in [-0.1, -0.05) is 29.8 Å². The highest BCUT2D eigenvalue weighted by atomic mass is 35.5. The second-order valence-corrected chi connectivity index (χ2v) is 5.65. The van der Waals surface area contributed by atoms with Gasteiger partial charge in [0.25, 0.3) is 0 Å². The van der Waals surface area contributed by atoms with Crippen LogP contribution in [0, 0.1) is 0 Å². The molecule has 0 N–H and O–H groups in total. The van der Waals surface area contributed by atoms with Crippen molar-refractivity contribution in [3.05, 3.63) is 51.4 Å². The van der Waals surface area contributed by atoms with Gasteiger partial charge in [0.1, 0.15) is 0 Å². The third-order valence-electron chi connectivity index (χ3n) is 2.87. The highest BCUT2D eigenvalue weighted by Gasteiger charge is 2.11. The van der Waals surface area contributed by atoms with Crippen LogP contribution in [0.15, 0.2) is 35.8 Å². The normalized spacial score (nSPS) is 10.4. The fourth-order valence-electron chi connectivity index (χ4n) is 1.70. The number of aromatic nitrogens is 1. The first-order chi connectivity index (χ1) is 9.16. The van der Waals surface area contributed by atoms with E-state index < -0.39 is 0 Å². The SMILES string of the molecule is CN(CCc1nccs1)C(=O)Cc1ccccc1Cl. The van der Waals surface area contributed by atoms with Gasteiger partial charge in [0.15, 0.2) is 0 Å². The number of hydrogen-bond acceptors (Lipinski definition) is 3. The molecule has 0 radical (unpaired) electrons. The highest BCUT2D eigenvalue weighted by Crippen LogP contribution is 2.16. The average Bonchev–Trinajstić information content (AvgIpc) is 2.91. The van der Waals surface area contributed by atoms with E-state index in [9.17, 15) is 4.79 Å². The predicted octanol–water partition coefficient (Wildman–Crippen LogP) is 3.04. The number of halogens is 1. The molecule has 1 heterocycles. The summed E-state index contributed by atoms with van der Waals surface area (Å²) in [6.07, 6.45) is 2.92. The van der Waals surface area contributed by atoms with Crippen molar-refractivity contribution < 1.29 is 4.79 Å². The quantitative estimate of drug-likeness (QED) is 0.849. The van der Waals surface area contributed by atoms with Gasteiger partial charge in [-0.15, -0.1) is 11.3 Å². The summed E-state index contributed by atoms with van der Waals surface area (Å²) in [5.74, 6) is 0.0738. The Bertz CT molecular complexity index is 542. The summed E-state index contributed by atoms with van der Waals surface area (Å²) in [4.78, 5) is 18.0. The number of rotatable bonds is 5. The van der Waals surface area contributed by atoms with Crippen molar-refractivity contribution >= 4 is 28.8 Å². The van der Waals surface area contributed by atoms with E-state index in [0.29, 0.717) is 18.0 Å². The lowest BCUT2D eigenvalue weighted by Gasteiger charge is -2.16. The lowest BCUT2D eigenvalue weighted by atomic mass is 10.1. The van der Waals surface area contributed by atoms with Gasteiger partial charge in [-0.05, 0) is 11.6 Å². The number of carbonyl (C=O) groups is 1. The predicted molar refractivity (Wildman–Crippen MR) is 78.6 cm³/mol. The van der Waals surface area contributed by atoms with Crippen LogP contribution in [0.4, 0.5) is 0 Å². The molecule has 0 saturated carbocycles. The summed E-state index contributed by atoms with van der Waals surface area (Å²) >= 11 is 7.67. The zero-order valence-electron chi connectivity index (χ0n) is 10.7. The molecule has 3 nitrogen and oxygen atoms in total. The van der Waals surface area contributed by atoms with Crippen molar-refractivity contribution in [2.45, 2.75) is 12.8 Å². The molecule has 2 aromatic rings. The van der Waals surface area contributed by atoms with Gasteiger partial charge >= 0.3 is 0 Å². The maximum atomic E-state index is 12.1. The molecule has 0 aliphatic heterocycles. The number of likely N-dealkylation sites (N-methyl/N-ethyl adjacent to an activating group) is 1. The molecule has 5 heteroatoms. The molecular weight excluding hydrogens is 280 g/mol. The maximum Gasteiger partial charge on any atom is 0.226 e. The fraction of sp³-hybridized carbons (Fsp3) is 0.286. The van der Waals surface area contributed by atoms with Gasteiger partial charge in [-0.2, -0.15) is 0 Å². The highest BCUT2D eigenvalue weighted by molar-refractivity contribution is 7.09. The molecule has 1 aromatic carbocycles. The van der Waals surface area contributed by atoms with Crippen LogP contribution in [0.2, 0.25) is 5.02 Å². The average molecular weight is 295 g/mol. The Balaban J connectivity index is 1.87. The van der Waals surface area contributed by atoms with E-state index >= 15 is 0 Å². The van der Waals surface area contributed by atoms with Crippen molar-refractivity contribution in [2.24, 2.45) is 0 Å². The summed E-state index contributed by atoms with van der Waals surface area (Å²) in [5.41, 5.74) is 0.871. The van der Waals surface area contributed by atoms with E-state index in [-0.39, 0.29) is 5.91 Å². The van der Waals surface area contributed by atoms with Crippen LogP contribution in [0.3, 0.4) is 0 Å². The van der Waals surface area contributed by atoms with Crippen molar-refractivity contribution in [3.8, 4) is 0 Å². The van der Waals surface area contributed by atoms with Crippen molar-refractivity contribution in [3.63, 3.8) is 0 Å². The van der Waals surface area contributed by atoms with Crippen LogP contribution in [0.5, 0.6) is 0 Å². The number of benzene rings is 1. The van der Waals surface area contributed by atoms with Crippen molar-refractivity contribution in [1.82, 2.24) is 9.88 Å². The second kappa shape index (κ2) is 6.68. The fourth-order valence-corrected chi connectivity index (χ4v) is 2.52.